The van der Waals surface area contributed by atoms with E-state index in [0.717, 1.165) is 30.6 Å². The Morgan fingerprint density at radius 3 is 2.66 bits per heavy atom. The standard InChI is InChI=1S/C20H22BrNO8S2/c1-32(27,28)22-8-3-2-6-13(22)10-29-14-7-4-5-12(9-14)18-16(21)17(30-11-15(23)24)19(31-18)20(25)26/h4-5,7,9,13H,2-3,6,8,10-11H2,1H3,(H,23,24)(H,25,26). The average molecular weight is 548 g/mol. The van der Waals surface area contributed by atoms with Gasteiger partial charge < -0.3 is 19.7 Å². The van der Waals surface area contributed by atoms with Crippen LogP contribution in [0.25, 0.3) is 10.4 Å². The minimum absolute atomic E-state index is 0.0442. The van der Waals surface area contributed by atoms with Gasteiger partial charge in [0.15, 0.2) is 17.2 Å². The fourth-order valence-corrected chi connectivity index (χ4v) is 6.54. The van der Waals surface area contributed by atoms with E-state index in [1.54, 1.807) is 24.3 Å². The third-order valence-corrected chi connectivity index (χ3v) is 8.44. The molecule has 3 rings (SSSR count). The lowest BCUT2D eigenvalue weighted by atomic mass is 10.1. The Kier molecular flexibility index (Phi) is 7.80. The van der Waals surface area contributed by atoms with Crippen molar-refractivity contribution in [2.45, 2.75) is 25.3 Å². The van der Waals surface area contributed by atoms with Crippen LogP contribution in [0.5, 0.6) is 11.5 Å². The summed E-state index contributed by atoms with van der Waals surface area (Å²) in [7, 11) is -3.32. The second-order valence-electron chi connectivity index (χ2n) is 7.25. The molecule has 0 spiro atoms. The van der Waals surface area contributed by atoms with Crippen LogP contribution in [0.15, 0.2) is 28.7 Å². The molecule has 1 unspecified atom stereocenters. The third-order valence-electron chi connectivity index (χ3n) is 4.88. The number of hydrogen-bond acceptors (Lipinski definition) is 7. The van der Waals surface area contributed by atoms with Crippen LogP contribution in [0.2, 0.25) is 0 Å². The summed E-state index contributed by atoms with van der Waals surface area (Å²) in [6.45, 7) is 0.0119. The molecule has 2 aromatic rings. The van der Waals surface area contributed by atoms with E-state index >= 15 is 0 Å². The van der Waals surface area contributed by atoms with Gasteiger partial charge in [0.25, 0.3) is 0 Å². The Morgan fingerprint density at radius 2 is 2.00 bits per heavy atom. The van der Waals surface area contributed by atoms with Gasteiger partial charge in [0.2, 0.25) is 10.0 Å². The highest BCUT2D eigenvalue weighted by molar-refractivity contribution is 9.10. The van der Waals surface area contributed by atoms with Crippen LogP contribution >= 0.6 is 27.3 Å². The van der Waals surface area contributed by atoms with Crippen molar-refractivity contribution in [2.24, 2.45) is 0 Å². The fraction of sp³-hybridized carbons (Fsp3) is 0.400. The summed E-state index contributed by atoms with van der Waals surface area (Å²) in [4.78, 5) is 22.9. The van der Waals surface area contributed by atoms with Crippen molar-refractivity contribution < 1.29 is 37.7 Å². The number of piperidine rings is 1. The molecule has 1 aromatic carbocycles. The molecular formula is C20H22BrNO8S2. The topological polar surface area (TPSA) is 130 Å². The molecule has 1 aliphatic rings. The molecule has 1 fully saturated rings. The smallest absolute Gasteiger partial charge is 0.349 e. The Balaban J connectivity index is 1.82. The molecule has 0 amide bonds. The maximum atomic E-state index is 12.0. The first kappa shape index (κ1) is 24.5. The van der Waals surface area contributed by atoms with Crippen molar-refractivity contribution in [1.29, 1.82) is 0 Å². The number of hydrogen-bond donors (Lipinski definition) is 2. The second kappa shape index (κ2) is 10.2. The zero-order chi connectivity index (χ0) is 23.5. The molecule has 12 heteroatoms. The van der Waals surface area contributed by atoms with Crippen LogP contribution in [0, 0.1) is 0 Å². The lowest BCUT2D eigenvalue weighted by Crippen LogP contribution is -2.46. The largest absolute Gasteiger partial charge is 0.492 e. The molecule has 32 heavy (non-hydrogen) atoms. The van der Waals surface area contributed by atoms with Gasteiger partial charge in [-0.05, 0) is 46.5 Å². The minimum Gasteiger partial charge on any atom is -0.492 e. The lowest BCUT2D eigenvalue weighted by molar-refractivity contribution is -0.139. The molecule has 9 nitrogen and oxygen atoms in total. The molecular weight excluding hydrogens is 526 g/mol. The first-order valence-corrected chi connectivity index (χ1v) is 13.1. The van der Waals surface area contributed by atoms with Gasteiger partial charge in [-0.3, -0.25) is 0 Å². The van der Waals surface area contributed by atoms with Crippen molar-refractivity contribution in [3.8, 4) is 21.9 Å². The second-order valence-corrected chi connectivity index (χ2v) is 11.0. The van der Waals surface area contributed by atoms with Crippen LogP contribution in [0.4, 0.5) is 0 Å². The minimum atomic E-state index is -3.32. The number of sulfonamides is 1. The molecule has 2 heterocycles. The molecule has 0 aliphatic carbocycles. The molecule has 1 aliphatic heterocycles. The number of nitrogens with zero attached hydrogens (tertiary/aromatic N) is 1. The van der Waals surface area contributed by atoms with Gasteiger partial charge in [-0.15, -0.1) is 11.3 Å². The number of aromatic carboxylic acids is 1. The summed E-state index contributed by atoms with van der Waals surface area (Å²) in [5, 5.41) is 18.3. The number of thiophene rings is 1. The first-order chi connectivity index (χ1) is 15.1. The molecule has 174 valence electrons. The molecule has 0 radical (unpaired) electrons. The van der Waals surface area contributed by atoms with E-state index in [0.29, 0.717) is 27.2 Å². The molecule has 1 aromatic heterocycles. The number of aliphatic carboxylic acids is 1. The predicted molar refractivity (Wildman–Crippen MR) is 122 cm³/mol. The van der Waals surface area contributed by atoms with Crippen molar-refractivity contribution in [3.63, 3.8) is 0 Å². The van der Waals surface area contributed by atoms with E-state index in [1.165, 1.54) is 10.6 Å². The Labute approximate surface area is 197 Å². The number of carbonyl (C=O) groups is 2. The van der Waals surface area contributed by atoms with E-state index in [2.05, 4.69) is 15.9 Å². The molecule has 1 saturated heterocycles. The van der Waals surface area contributed by atoms with E-state index in [1.807, 2.05) is 0 Å². The van der Waals surface area contributed by atoms with Crippen LogP contribution < -0.4 is 9.47 Å². The van der Waals surface area contributed by atoms with Gasteiger partial charge >= 0.3 is 11.9 Å². The van der Waals surface area contributed by atoms with Crippen LogP contribution in [0.1, 0.15) is 28.9 Å². The number of carboxylic acid groups (broad SMARTS) is 2. The maximum Gasteiger partial charge on any atom is 0.349 e. The Hall–Kier alpha value is -2.15. The normalized spacial score (nSPS) is 17.1. The van der Waals surface area contributed by atoms with E-state index in [9.17, 15) is 23.1 Å². The Morgan fingerprint density at radius 1 is 1.25 bits per heavy atom. The SMILES string of the molecule is CS(=O)(=O)N1CCCCC1COc1cccc(-c2sc(C(=O)O)c(OCC(=O)O)c2Br)c1. The monoisotopic (exact) mass is 547 g/mol. The van der Waals surface area contributed by atoms with Crippen LogP contribution in [-0.2, 0) is 14.8 Å². The van der Waals surface area contributed by atoms with Gasteiger partial charge in [-0.2, -0.15) is 4.31 Å². The van der Waals surface area contributed by atoms with Crippen molar-refractivity contribution in [1.82, 2.24) is 4.31 Å². The van der Waals surface area contributed by atoms with Crippen molar-refractivity contribution >= 4 is 49.2 Å². The number of carboxylic acids is 2. The Bertz CT molecular complexity index is 1110. The molecule has 0 bridgehead atoms. The lowest BCUT2D eigenvalue weighted by Gasteiger charge is -2.33. The highest BCUT2D eigenvalue weighted by Gasteiger charge is 2.30. The average Bonchev–Trinajstić information content (AvgIpc) is 3.07. The van der Waals surface area contributed by atoms with Gasteiger partial charge in [0.1, 0.15) is 12.4 Å². The summed E-state index contributed by atoms with van der Waals surface area (Å²) in [5.41, 5.74) is 0.649. The zero-order valence-corrected chi connectivity index (χ0v) is 20.3. The van der Waals surface area contributed by atoms with Gasteiger partial charge in [-0.25, -0.2) is 18.0 Å². The van der Waals surface area contributed by atoms with Crippen LogP contribution in [0.3, 0.4) is 0 Å². The molecule has 0 saturated carbocycles. The summed E-state index contributed by atoms with van der Waals surface area (Å²) in [6.07, 6.45) is 3.67. The fourth-order valence-electron chi connectivity index (χ4n) is 3.48. The summed E-state index contributed by atoms with van der Waals surface area (Å²) in [6, 6.07) is 6.71. The number of rotatable bonds is 9. The summed E-state index contributed by atoms with van der Waals surface area (Å²) in [5.74, 6) is -1.99. The van der Waals surface area contributed by atoms with E-state index < -0.39 is 28.6 Å². The summed E-state index contributed by atoms with van der Waals surface area (Å²) < 4.78 is 37.0. The molecule has 2 N–H and O–H groups in total. The van der Waals surface area contributed by atoms with Gasteiger partial charge in [0.05, 0.1) is 21.6 Å². The van der Waals surface area contributed by atoms with Crippen molar-refractivity contribution in [2.75, 3.05) is 26.0 Å². The quantitative estimate of drug-likeness (QED) is 0.487. The van der Waals surface area contributed by atoms with E-state index in [-0.39, 0.29) is 23.3 Å². The van der Waals surface area contributed by atoms with Gasteiger partial charge in [-0.1, -0.05) is 18.6 Å². The first-order valence-electron chi connectivity index (χ1n) is 9.68. The van der Waals surface area contributed by atoms with Crippen molar-refractivity contribution in [3.05, 3.63) is 33.6 Å². The highest BCUT2D eigenvalue weighted by atomic mass is 79.9. The third kappa shape index (κ3) is 5.80. The maximum absolute atomic E-state index is 12.0. The van der Waals surface area contributed by atoms with E-state index in [4.69, 9.17) is 14.6 Å². The number of ether oxygens (including phenoxy) is 2. The predicted octanol–water partition coefficient (Wildman–Crippen LogP) is 3.53. The van der Waals surface area contributed by atoms with Crippen LogP contribution in [-0.4, -0.2) is 66.9 Å². The molecule has 1 atom stereocenters. The summed E-state index contributed by atoms with van der Waals surface area (Å²) >= 11 is 4.28. The highest BCUT2D eigenvalue weighted by Crippen LogP contribution is 2.46. The zero-order valence-electron chi connectivity index (χ0n) is 17.1. The number of benzene rings is 1. The van der Waals surface area contributed by atoms with Gasteiger partial charge in [0, 0.05) is 6.54 Å². The number of halogens is 1.